The highest BCUT2D eigenvalue weighted by Crippen LogP contribution is 2.28. The van der Waals surface area contributed by atoms with Crippen molar-refractivity contribution in [2.75, 3.05) is 24.1 Å². The number of nitrogen functional groups attached to an aromatic ring is 1. The maximum atomic E-state index is 11.3. The molecule has 1 aliphatic rings. The summed E-state index contributed by atoms with van der Waals surface area (Å²) in [6.45, 7) is 1.23. The lowest BCUT2D eigenvalue weighted by molar-refractivity contribution is -0.122. The van der Waals surface area contributed by atoms with Crippen molar-refractivity contribution >= 4 is 17.5 Å². The van der Waals surface area contributed by atoms with Gasteiger partial charge in [0, 0.05) is 25.1 Å². The standard InChI is InChI=1S/C10H15N5O/c11-8-5-9(15-6-14-8)12-3-4-13-10(16)7-1-2-7/h5-7H,1-4H2,(H,13,16)(H3,11,12,14,15). The van der Waals surface area contributed by atoms with Gasteiger partial charge in [-0.05, 0) is 12.8 Å². The second kappa shape index (κ2) is 4.78. The molecule has 0 unspecified atom stereocenters. The fourth-order valence-electron chi connectivity index (χ4n) is 1.34. The van der Waals surface area contributed by atoms with E-state index in [9.17, 15) is 4.79 Å². The van der Waals surface area contributed by atoms with Crippen LogP contribution in [0.5, 0.6) is 0 Å². The Balaban J connectivity index is 1.65. The topological polar surface area (TPSA) is 92.9 Å². The van der Waals surface area contributed by atoms with Gasteiger partial charge in [0.1, 0.15) is 18.0 Å². The number of carbonyl (C=O) groups excluding carboxylic acids is 1. The smallest absolute Gasteiger partial charge is 0.223 e. The number of rotatable bonds is 5. The predicted molar refractivity (Wildman–Crippen MR) is 60.7 cm³/mol. The van der Waals surface area contributed by atoms with Gasteiger partial charge in [-0.15, -0.1) is 0 Å². The molecule has 1 heterocycles. The zero-order valence-electron chi connectivity index (χ0n) is 8.94. The molecule has 1 aliphatic carbocycles. The van der Waals surface area contributed by atoms with Crippen molar-refractivity contribution in [3.63, 3.8) is 0 Å². The van der Waals surface area contributed by atoms with Crippen molar-refractivity contribution in [2.24, 2.45) is 5.92 Å². The molecular weight excluding hydrogens is 206 g/mol. The zero-order chi connectivity index (χ0) is 11.4. The number of amides is 1. The number of nitrogens with two attached hydrogens (primary N) is 1. The molecule has 0 radical (unpaired) electrons. The van der Waals surface area contributed by atoms with Crippen LogP contribution in [-0.2, 0) is 4.79 Å². The van der Waals surface area contributed by atoms with Crippen LogP contribution in [0, 0.1) is 5.92 Å². The largest absolute Gasteiger partial charge is 0.384 e. The van der Waals surface area contributed by atoms with Crippen molar-refractivity contribution < 1.29 is 4.79 Å². The Morgan fingerprint density at radius 2 is 2.25 bits per heavy atom. The third-order valence-corrected chi connectivity index (χ3v) is 2.37. The average molecular weight is 221 g/mol. The van der Waals surface area contributed by atoms with Crippen molar-refractivity contribution in [1.29, 1.82) is 0 Å². The van der Waals surface area contributed by atoms with Gasteiger partial charge in [-0.1, -0.05) is 0 Å². The number of anilines is 2. The lowest BCUT2D eigenvalue weighted by Gasteiger charge is -2.06. The Morgan fingerprint density at radius 3 is 2.94 bits per heavy atom. The summed E-state index contributed by atoms with van der Waals surface area (Å²) in [5.41, 5.74) is 5.50. The van der Waals surface area contributed by atoms with Gasteiger partial charge >= 0.3 is 0 Å². The van der Waals surface area contributed by atoms with Crippen LogP contribution in [-0.4, -0.2) is 29.0 Å². The molecular formula is C10H15N5O. The van der Waals surface area contributed by atoms with Gasteiger partial charge < -0.3 is 16.4 Å². The maximum absolute atomic E-state index is 11.3. The van der Waals surface area contributed by atoms with Crippen LogP contribution in [0.2, 0.25) is 0 Å². The Kier molecular flexibility index (Phi) is 3.19. The molecule has 1 fully saturated rings. The van der Waals surface area contributed by atoms with Crippen molar-refractivity contribution in [3.05, 3.63) is 12.4 Å². The minimum absolute atomic E-state index is 0.156. The Bertz CT molecular complexity index is 377. The highest BCUT2D eigenvalue weighted by atomic mass is 16.2. The first-order chi connectivity index (χ1) is 7.75. The van der Waals surface area contributed by atoms with E-state index in [0.29, 0.717) is 24.7 Å². The summed E-state index contributed by atoms with van der Waals surface area (Å²) in [4.78, 5) is 19.1. The molecule has 1 aromatic heterocycles. The quantitative estimate of drug-likeness (QED) is 0.608. The van der Waals surface area contributed by atoms with Crippen LogP contribution in [0.4, 0.5) is 11.6 Å². The molecule has 0 spiro atoms. The van der Waals surface area contributed by atoms with E-state index in [4.69, 9.17) is 5.73 Å². The van der Waals surface area contributed by atoms with Gasteiger partial charge in [0.05, 0.1) is 0 Å². The first-order valence-electron chi connectivity index (χ1n) is 5.35. The minimum atomic E-state index is 0.156. The predicted octanol–water partition coefficient (Wildman–Crippen LogP) is -0.00310. The van der Waals surface area contributed by atoms with E-state index in [0.717, 1.165) is 12.8 Å². The summed E-state index contributed by atoms with van der Waals surface area (Å²) in [5, 5.41) is 5.91. The molecule has 0 atom stereocenters. The van der Waals surface area contributed by atoms with E-state index >= 15 is 0 Å². The van der Waals surface area contributed by atoms with E-state index in [2.05, 4.69) is 20.6 Å². The van der Waals surface area contributed by atoms with E-state index in [-0.39, 0.29) is 11.8 Å². The molecule has 86 valence electrons. The van der Waals surface area contributed by atoms with Crippen LogP contribution in [0.1, 0.15) is 12.8 Å². The number of nitrogens with zero attached hydrogens (tertiary/aromatic N) is 2. The zero-order valence-corrected chi connectivity index (χ0v) is 8.94. The molecule has 4 N–H and O–H groups in total. The summed E-state index contributed by atoms with van der Waals surface area (Å²) >= 11 is 0. The molecule has 6 nitrogen and oxygen atoms in total. The molecule has 0 bridgehead atoms. The third-order valence-electron chi connectivity index (χ3n) is 2.37. The maximum Gasteiger partial charge on any atom is 0.223 e. The van der Waals surface area contributed by atoms with Gasteiger partial charge in [-0.25, -0.2) is 9.97 Å². The van der Waals surface area contributed by atoms with Crippen molar-refractivity contribution in [2.45, 2.75) is 12.8 Å². The van der Waals surface area contributed by atoms with Crippen LogP contribution < -0.4 is 16.4 Å². The van der Waals surface area contributed by atoms with E-state index in [1.807, 2.05) is 0 Å². The second-order valence-corrected chi connectivity index (χ2v) is 3.82. The first-order valence-corrected chi connectivity index (χ1v) is 5.35. The summed E-state index contributed by atoms with van der Waals surface area (Å²) < 4.78 is 0. The average Bonchev–Trinajstić information content (AvgIpc) is 3.08. The highest BCUT2D eigenvalue weighted by molar-refractivity contribution is 5.80. The van der Waals surface area contributed by atoms with Gasteiger partial charge in [0.2, 0.25) is 5.91 Å². The van der Waals surface area contributed by atoms with Crippen LogP contribution in [0.3, 0.4) is 0 Å². The Morgan fingerprint density at radius 1 is 1.44 bits per heavy atom. The van der Waals surface area contributed by atoms with E-state index in [1.54, 1.807) is 6.07 Å². The first kappa shape index (κ1) is 10.7. The molecule has 1 amide bonds. The number of carbonyl (C=O) groups is 1. The molecule has 0 saturated heterocycles. The normalized spacial score (nSPS) is 14.5. The van der Waals surface area contributed by atoms with Crippen molar-refractivity contribution in [1.82, 2.24) is 15.3 Å². The Labute approximate surface area is 93.7 Å². The lowest BCUT2D eigenvalue weighted by Crippen LogP contribution is -2.29. The molecule has 16 heavy (non-hydrogen) atoms. The van der Waals surface area contributed by atoms with E-state index in [1.165, 1.54) is 6.33 Å². The SMILES string of the molecule is Nc1cc(NCCNC(=O)C2CC2)ncn1. The van der Waals surface area contributed by atoms with Crippen LogP contribution in [0.15, 0.2) is 12.4 Å². The van der Waals surface area contributed by atoms with Gasteiger partial charge in [0.25, 0.3) is 0 Å². The third kappa shape index (κ3) is 3.08. The number of hydrogen-bond donors (Lipinski definition) is 3. The highest BCUT2D eigenvalue weighted by Gasteiger charge is 2.28. The molecule has 1 aromatic rings. The summed E-state index contributed by atoms with van der Waals surface area (Å²) in [6.07, 6.45) is 3.46. The second-order valence-electron chi connectivity index (χ2n) is 3.82. The van der Waals surface area contributed by atoms with Crippen LogP contribution in [0.25, 0.3) is 0 Å². The molecule has 6 heteroatoms. The molecule has 1 saturated carbocycles. The number of aromatic nitrogens is 2. The fraction of sp³-hybridized carbons (Fsp3) is 0.500. The summed E-state index contributed by atoms with van der Waals surface area (Å²) in [7, 11) is 0. The number of hydrogen-bond acceptors (Lipinski definition) is 5. The van der Waals surface area contributed by atoms with Crippen LogP contribution >= 0.6 is 0 Å². The fourth-order valence-corrected chi connectivity index (χ4v) is 1.34. The summed E-state index contributed by atoms with van der Waals surface area (Å²) in [5.74, 6) is 1.52. The van der Waals surface area contributed by atoms with Gasteiger partial charge in [0.15, 0.2) is 0 Å². The van der Waals surface area contributed by atoms with Gasteiger partial charge in [-0.3, -0.25) is 4.79 Å². The lowest BCUT2D eigenvalue weighted by atomic mass is 10.4. The van der Waals surface area contributed by atoms with Crippen molar-refractivity contribution in [3.8, 4) is 0 Å². The molecule has 2 rings (SSSR count). The summed E-state index contributed by atoms with van der Waals surface area (Å²) in [6, 6.07) is 1.66. The monoisotopic (exact) mass is 221 g/mol. The van der Waals surface area contributed by atoms with E-state index < -0.39 is 0 Å². The molecule has 0 aliphatic heterocycles. The molecule has 0 aromatic carbocycles. The Hall–Kier alpha value is -1.85. The number of nitrogens with one attached hydrogen (secondary N) is 2. The van der Waals surface area contributed by atoms with Gasteiger partial charge in [-0.2, -0.15) is 0 Å². The minimum Gasteiger partial charge on any atom is -0.384 e.